The molecule has 1 unspecified atom stereocenters. The topological polar surface area (TPSA) is 29.3 Å². The predicted octanol–water partition coefficient (Wildman–Crippen LogP) is 1.60. The maximum Gasteiger partial charge on any atom is 0.00226 e. The molecule has 0 amide bonds. The molecule has 1 atom stereocenters. The first-order chi connectivity index (χ1) is 5.79. The van der Waals surface area contributed by atoms with E-state index >= 15 is 0 Å². The fourth-order valence-electron chi connectivity index (χ4n) is 1.75. The van der Waals surface area contributed by atoms with Gasteiger partial charge in [0.1, 0.15) is 0 Å². The van der Waals surface area contributed by atoms with Crippen LogP contribution in [-0.2, 0) is 0 Å². The van der Waals surface area contributed by atoms with Crippen molar-refractivity contribution >= 4 is 0 Å². The van der Waals surface area contributed by atoms with E-state index in [-0.39, 0.29) is 0 Å². The van der Waals surface area contributed by atoms with Crippen molar-refractivity contribution in [3.8, 4) is 0 Å². The number of hydrogen-bond acceptors (Lipinski definition) is 2. The molecule has 0 bridgehead atoms. The largest absolute Gasteiger partial charge is 0.328 e. The molecular weight excluding hydrogens is 148 g/mol. The molecule has 2 N–H and O–H groups in total. The van der Waals surface area contributed by atoms with E-state index in [1.54, 1.807) is 0 Å². The lowest BCUT2D eigenvalue weighted by atomic mass is 10.2. The highest BCUT2D eigenvalue weighted by Gasteiger charge is 2.08. The maximum absolute atomic E-state index is 5.72. The monoisotopic (exact) mass is 170 g/mol. The fraction of sp³-hybridized carbons (Fsp3) is 1.00. The average molecular weight is 170 g/mol. The van der Waals surface area contributed by atoms with Gasteiger partial charge in [-0.25, -0.2) is 0 Å². The van der Waals surface area contributed by atoms with Gasteiger partial charge in [-0.3, -0.25) is 0 Å². The van der Waals surface area contributed by atoms with Gasteiger partial charge in [0.05, 0.1) is 0 Å². The molecule has 2 heteroatoms. The summed E-state index contributed by atoms with van der Waals surface area (Å²) in [7, 11) is 0. The molecule has 1 fully saturated rings. The first kappa shape index (κ1) is 10.0. The molecule has 1 heterocycles. The van der Waals surface area contributed by atoms with Gasteiger partial charge in [-0.1, -0.05) is 12.8 Å². The third-order valence-electron chi connectivity index (χ3n) is 2.60. The predicted molar refractivity (Wildman–Crippen MR) is 53.2 cm³/mol. The summed E-state index contributed by atoms with van der Waals surface area (Å²) in [6.45, 7) is 5.90. The summed E-state index contributed by atoms with van der Waals surface area (Å²) in [5.41, 5.74) is 5.72. The second kappa shape index (κ2) is 5.55. The van der Waals surface area contributed by atoms with Crippen LogP contribution in [0.1, 0.15) is 39.0 Å². The number of likely N-dealkylation sites (tertiary alicyclic amines) is 1. The normalized spacial score (nSPS) is 23.5. The Morgan fingerprint density at radius 2 is 1.75 bits per heavy atom. The molecule has 1 saturated heterocycles. The zero-order chi connectivity index (χ0) is 8.81. The van der Waals surface area contributed by atoms with Gasteiger partial charge in [0.2, 0.25) is 0 Å². The Morgan fingerprint density at radius 3 is 2.25 bits per heavy atom. The zero-order valence-corrected chi connectivity index (χ0v) is 8.26. The third kappa shape index (κ3) is 4.07. The van der Waals surface area contributed by atoms with Crippen molar-refractivity contribution in [1.29, 1.82) is 0 Å². The molecule has 1 aliphatic heterocycles. The number of nitrogens with two attached hydrogens (primary N) is 1. The van der Waals surface area contributed by atoms with Gasteiger partial charge in [0, 0.05) is 6.04 Å². The molecule has 0 aromatic heterocycles. The van der Waals surface area contributed by atoms with Gasteiger partial charge < -0.3 is 10.6 Å². The second-order valence-corrected chi connectivity index (χ2v) is 4.02. The van der Waals surface area contributed by atoms with Crippen LogP contribution in [0.4, 0.5) is 0 Å². The molecule has 0 aromatic rings. The summed E-state index contributed by atoms with van der Waals surface area (Å²) < 4.78 is 0. The number of nitrogens with zero attached hydrogens (tertiary/aromatic N) is 1. The number of rotatable bonds is 3. The van der Waals surface area contributed by atoms with Crippen LogP contribution in [-0.4, -0.2) is 30.6 Å². The lowest BCUT2D eigenvalue weighted by molar-refractivity contribution is 0.275. The fourth-order valence-corrected chi connectivity index (χ4v) is 1.75. The molecule has 0 spiro atoms. The van der Waals surface area contributed by atoms with Crippen LogP contribution in [0, 0.1) is 0 Å². The van der Waals surface area contributed by atoms with Gasteiger partial charge >= 0.3 is 0 Å². The molecule has 0 aliphatic carbocycles. The Hall–Kier alpha value is -0.0800. The van der Waals surface area contributed by atoms with Crippen molar-refractivity contribution in [3.05, 3.63) is 0 Å². The Bertz CT molecular complexity index is 104. The Balaban J connectivity index is 2.12. The Morgan fingerprint density at radius 1 is 1.17 bits per heavy atom. The molecular formula is C10H22N2. The van der Waals surface area contributed by atoms with E-state index in [4.69, 9.17) is 5.73 Å². The van der Waals surface area contributed by atoms with Crippen molar-refractivity contribution < 1.29 is 0 Å². The molecule has 72 valence electrons. The minimum absolute atomic E-state index is 0.369. The number of hydrogen-bond donors (Lipinski definition) is 1. The molecule has 1 rings (SSSR count). The summed E-state index contributed by atoms with van der Waals surface area (Å²) in [5, 5.41) is 0. The van der Waals surface area contributed by atoms with E-state index in [0.29, 0.717) is 6.04 Å². The first-order valence-corrected chi connectivity index (χ1v) is 5.27. The Kier molecular flexibility index (Phi) is 4.62. The van der Waals surface area contributed by atoms with Gasteiger partial charge in [0.15, 0.2) is 0 Å². The highest BCUT2D eigenvalue weighted by atomic mass is 15.1. The summed E-state index contributed by atoms with van der Waals surface area (Å²) >= 11 is 0. The SMILES string of the molecule is CC(N)CCN1CCCCCC1. The van der Waals surface area contributed by atoms with E-state index in [0.717, 1.165) is 6.42 Å². The highest BCUT2D eigenvalue weighted by molar-refractivity contribution is 4.65. The lowest BCUT2D eigenvalue weighted by Crippen LogP contribution is -2.29. The summed E-state index contributed by atoms with van der Waals surface area (Å²) in [6, 6.07) is 0.369. The molecule has 1 aliphatic rings. The quantitative estimate of drug-likeness (QED) is 0.697. The van der Waals surface area contributed by atoms with Crippen molar-refractivity contribution in [2.75, 3.05) is 19.6 Å². The zero-order valence-electron chi connectivity index (χ0n) is 8.26. The van der Waals surface area contributed by atoms with Gasteiger partial charge in [0.25, 0.3) is 0 Å². The average Bonchev–Trinajstić information content (AvgIpc) is 2.28. The maximum atomic E-state index is 5.72. The van der Waals surface area contributed by atoms with E-state index < -0.39 is 0 Å². The van der Waals surface area contributed by atoms with Crippen molar-refractivity contribution in [2.24, 2.45) is 5.73 Å². The van der Waals surface area contributed by atoms with Crippen molar-refractivity contribution in [3.63, 3.8) is 0 Å². The lowest BCUT2D eigenvalue weighted by Gasteiger charge is -2.20. The van der Waals surface area contributed by atoms with E-state index in [9.17, 15) is 0 Å². The summed E-state index contributed by atoms with van der Waals surface area (Å²) in [4.78, 5) is 2.57. The molecule has 0 radical (unpaired) electrons. The first-order valence-electron chi connectivity index (χ1n) is 5.27. The molecule has 12 heavy (non-hydrogen) atoms. The van der Waals surface area contributed by atoms with Gasteiger partial charge in [-0.2, -0.15) is 0 Å². The van der Waals surface area contributed by atoms with E-state index in [1.165, 1.54) is 45.3 Å². The van der Waals surface area contributed by atoms with Gasteiger partial charge in [-0.05, 0) is 45.8 Å². The van der Waals surface area contributed by atoms with E-state index in [1.807, 2.05) is 0 Å². The molecule has 0 saturated carbocycles. The van der Waals surface area contributed by atoms with Crippen LogP contribution in [0.2, 0.25) is 0 Å². The van der Waals surface area contributed by atoms with Gasteiger partial charge in [-0.15, -0.1) is 0 Å². The smallest absolute Gasteiger partial charge is 0.00226 e. The standard InChI is InChI=1S/C10H22N2/c1-10(11)6-9-12-7-4-2-3-5-8-12/h10H,2-9,11H2,1H3. The summed E-state index contributed by atoms with van der Waals surface area (Å²) in [6.07, 6.45) is 6.78. The van der Waals surface area contributed by atoms with Crippen LogP contribution < -0.4 is 5.73 Å². The Labute approximate surface area is 76.1 Å². The third-order valence-corrected chi connectivity index (χ3v) is 2.60. The minimum Gasteiger partial charge on any atom is -0.328 e. The highest BCUT2D eigenvalue weighted by Crippen LogP contribution is 2.09. The van der Waals surface area contributed by atoms with Crippen molar-refractivity contribution in [2.45, 2.75) is 45.1 Å². The molecule has 0 aromatic carbocycles. The van der Waals surface area contributed by atoms with Crippen molar-refractivity contribution in [1.82, 2.24) is 4.90 Å². The second-order valence-electron chi connectivity index (χ2n) is 4.02. The van der Waals surface area contributed by atoms with Crippen LogP contribution in [0.5, 0.6) is 0 Å². The summed E-state index contributed by atoms with van der Waals surface area (Å²) in [5.74, 6) is 0. The minimum atomic E-state index is 0.369. The van der Waals surface area contributed by atoms with Crippen LogP contribution >= 0.6 is 0 Å². The van der Waals surface area contributed by atoms with Crippen LogP contribution in [0.3, 0.4) is 0 Å². The molecule has 2 nitrogen and oxygen atoms in total. The van der Waals surface area contributed by atoms with Crippen LogP contribution in [0.25, 0.3) is 0 Å². The van der Waals surface area contributed by atoms with Crippen LogP contribution in [0.15, 0.2) is 0 Å². The van der Waals surface area contributed by atoms with E-state index in [2.05, 4.69) is 11.8 Å².